The maximum Gasteiger partial charge on any atom is 0.322 e. The van der Waals surface area contributed by atoms with Gasteiger partial charge in [-0.05, 0) is 25.2 Å². The predicted octanol–water partition coefficient (Wildman–Crippen LogP) is 1.52. The van der Waals surface area contributed by atoms with E-state index in [1.165, 1.54) is 12.8 Å². The molecule has 1 saturated carbocycles. The van der Waals surface area contributed by atoms with Gasteiger partial charge < -0.3 is 15.4 Å². The topological polar surface area (TPSA) is 72.0 Å². The van der Waals surface area contributed by atoms with Gasteiger partial charge in [0.05, 0.1) is 7.11 Å². The SMILES string of the molecule is CCNc1nc(NCC2(C)CC2)nc(OC)n1. The van der Waals surface area contributed by atoms with E-state index in [0.717, 1.165) is 13.1 Å². The van der Waals surface area contributed by atoms with E-state index >= 15 is 0 Å². The average molecular weight is 237 g/mol. The Morgan fingerprint density at radius 1 is 1.18 bits per heavy atom. The Kier molecular flexibility index (Phi) is 3.31. The molecule has 6 heteroatoms. The molecule has 0 bridgehead atoms. The van der Waals surface area contributed by atoms with Crippen LogP contribution in [0.2, 0.25) is 0 Å². The number of hydrogen-bond acceptors (Lipinski definition) is 6. The molecule has 1 aromatic heterocycles. The van der Waals surface area contributed by atoms with Crippen LogP contribution in [0.3, 0.4) is 0 Å². The van der Waals surface area contributed by atoms with Crippen LogP contribution < -0.4 is 15.4 Å². The van der Waals surface area contributed by atoms with Crippen LogP contribution in [0.25, 0.3) is 0 Å². The molecule has 94 valence electrons. The smallest absolute Gasteiger partial charge is 0.322 e. The summed E-state index contributed by atoms with van der Waals surface area (Å²) in [6, 6.07) is 0.333. The minimum atomic E-state index is 0.333. The lowest BCUT2D eigenvalue weighted by Crippen LogP contribution is -2.15. The van der Waals surface area contributed by atoms with Gasteiger partial charge in [0, 0.05) is 13.1 Å². The zero-order valence-electron chi connectivity index (χ0n) is 10.6. The van der Waals surface area contributed by atoms with Gasteiger partial charge in [-0.1, -0.05) is 6.92 Å². The number of nitrogens with one attached hydrogen (secondary N) is 2. The molecule has 0 aromatic carbocycles. The zero-order chi connectivity index (χ0) is 12.3. The highest BCUT2D eigenvalue weighted by Gasteiger charge is 2.37. The van der Waals surface area contributed by atoms with E-state index in [2.05, 4.69) is 32.5 Å². The first-order valence-corrected chi connectivity index (χ1v) is 5.93. The van der Waals surface area contributed by atoms with Gasteiger partial charge in [-0.15, -0.1) is 0 Å². The summed E-state index contributed by atoms with van der Waals surface area (Å²) >= 11 is 0. The molecule has 1 aliphatic rings. The maximum absolute atomic E-state index is 5.05. The molecule has 2 N–H and O–H groups in total. The van der Waals surface area contributed by atoms with E-state index in [-0.39, 0.29) is 0 Å². The van der Waals surface area contributed by atoms with E-state index in [9.17, 15) is 0 Å². The minimum absolute atomic E-state index is 0.333. The van der Waals surface area contributed by atoms with E-state index in [0.29, 0.717) is 23.3 Å². The fourth-order valence-electron chi connectivity index (χ4n) is 1.45. The fourth-order valence-corrected chi connectivity index (χ4v) is 1.45. The fraction of sp³-hybridized carbons (Fsp3) is 0.727. The highest BCUT2D eigenvalue weighted by atomic mass is 16.5. The van der Waals surface area contributed by atoms with E-state index in [4.69, 9.17) is 4.74 Å². The molecule has 0 unspecified atom stereocenters. The third-order valence-corrected chi connectivity index (χ3v) is 2.91. The maximum atomic E-state index is 5.05. The first kappa shape index (κ1) is 11.9. The third-order valence-electron chi connectivity index (χ3n) is 2.91. The molecule has 0 radical (unpaired) electrons. The molecular formula is C11H19N5O. The molecule has 0 atom stereocenters. The van der Waals surface area contributed by atoms with Crippen molar-refractivity contribution in [3.63, 3.8) is 0 Å². The molecule has 1 aromatic rings. The molecule has 1 heterocycles. The Balaban J connectivity index is 2.05. The first-order chi connectivity index (χ1) is 8.15. The Labute approximate surface area is 101 Å². The van der Waals surface area contributed by atoms with Crippen molar-refractivity contribution >= 4 is 11.9 Å². The molecule has 2 rings (SSSR count). The predicted molar refractivity (Wildman–Crippen MR) is 66.4 cm³/mol. The Hall–Kier alpha value is -1.59. The van der Waals surface area contributed by atoms with Crippen LogP contribution in [0.5, 0.6) is 6.01 Å². The van der Waals surface area contributed by atoms with Crippen molar-refractivity contribution in [2.45, 2.75) is 26.7 Å². The number of methoxy groups -OCH3 is 1. The number of nitrogens with zero attached hydrogens (tertiary/aromatic N) is 3. The van der Waals surface area contributed by atoms with E-state index in [1.54, 1.807) is 7.11 Å². The van der Waals surface area contributed by atoms with E-state index < -0.39 is 0 Å². The van der Waals surface area contributed by atoms with Crippen molar-refractivity contribution in [2.75, 3.05) is 30.8 Å². The van der Waals surface area contributed by atoms with Crippen molar-refractivity contribution in [3.05, 3.63) is 0 Å². The van der Waals surface area contributed by atoms with Gasteiger partial charge >= 0.3 is 6.01 Å². The van der Waals surface area contributed by atoms with Gasteiger partial charge in [0.1, 0.15) is 0 Å². The summed E-state index contributed by atoms with van der Waals surface area (Å²) in [6.45, 7) is 5.91. The molecule has 6 nitrogen and oxygen atoms in total. The van der Waals surface area contributed by atoms with E-state index in [1.807, 2.05) is 6.92 Å². The van der Waals surface area contributed by atoms with Crippen LogP contribution in [-0.4, -0.2) is 35.2 Å². The van der Waals surface area contributed by atoms with Gasteiger partial charge in [-0.25, -0.2) is 0 Å². The van der Waals surface area contributed by atoms with Crippen molar-refractivity contribution < 1.29 is 4.74 Å². The third kappa shape index (κ3) is 3.18. The summed E-state index contributed by atoms with van der Waals surface area (Å²) in [7, 11) is 1.55. The van der Waals surface area contributed by atoms with Crippen molar-refractivity contribution in [1.82, 2.24) is 15.0 Å². The second-order valence-electron chi connectivity index (χ2n) is 4.66. The van der Waals surface area contributed by atoms with Crippen LogP contribution in [-0.2, 0) is 0 Å². The van der Waals surface area contributed by atoms with Gasteiger partial charge in [0.2, 0.25) is 11.9 Å². The lowest BCUT2D eigenvalue weighted by atomic mass is 10.1. The van der Waals surface area contributed by atoms with Gasteiger partial charge in [0.25, 0.3) is 0 Å². The summed E-state index contributed by atoms with van der Waals surface area (Å²) in [4.78, 5) is 12.6. The molecule has 0 spiro atoms. The first-order valence-electron chi connectivity index (χ1n) is 5.93. The lowest BCUT2D eigenvalue weighted by Gasteiger charge is -2.11. The summed E-state index contributed by atoms with van der Waals surface area (Å²) < 4.78 is 5.05. The Morgan fingerprint density at radius 2 is 1.82 bits per heavy atom. The van der Waals surface area contributed by atoms with Crippen LogP contribution in [0.4, 0.5) is 11.9 Å². The van der Waals surface area contributed by atoms with Gasteiger partial charge in [-0.3, -0.25) is 0 Å². The monoisotopic (exact) mass is 237 g/mol. The largest absolute Gasteiger partial charge is 0.467 e. The number of aromatic nitrogens is 3. The van der Waals surface area contributed by atoms with Gasteiger partial charge in [-0.2, -0.15) is 15.0 Å². The molecule has 1 aliphatic carbocycles. The standard InChI is InChI=1S/C11H19N5O/c1-4-12-8-14-9(16-10(15-8)17-3)13-7-11(2)5-6-11/h4-7H2,1-3H3,(H2,12,13,14,15,16). The molecule has 1 fully saturated rings. The van der Waals surface area contributed by atoms with Crippen LogP contribution in [0.15, 0.2) is 0 Å². The minimum Gasteiger partial charge on any atom is -0.467 e. The summed E-state index contributed by atoms with van der Waals surface area (Å²) in [5, 5.41) is 6.29. The normalized spacial score (nSPS) is 16.4. The summed E-state index contributed by atoms with van der Waals surface area (Å²) in [6.07, 6.45) is 2.53. The lowest BCUT2D eigenvalue weighted by molar-refractivity contribution is 0.379. The quantitative estimate of drug-likeness (QED) is 0.781. The highest BCUT2D eigenvalue weighted by Crippen LogP contribution is 2.44. The van der Waals surface area contributed by atoms with Crippen LogP contribution in [0.1, 0.15) is 26.7 Å². The molecule has 17 heavy (non-hydrogen) atoms. The van der Waals surface area contributed by atoms with Crippen molar-refractivity contribution in [3.8, 4) is 6.01 Å². The average Bonchev–Trinajstić information content (AvgIpc) is 3.06. The van der Waals surface area contributed by atoms with Crippen molar-refractivity contribution in [1.29, 1.82) is 0 Å². The molecule has 0 aliphatic heterocycles. The van der Waals surface area contributed by atoms with Gasteiger partial charge in [0.15, 0.2) is 0 Å². The second-order valence-corrected chi connectivity index (χ2v) is 4.66. The summed E-state index contributed by atoms with van der Waals surface area (Å²) in [5.41, 5.74) is 0.415. The molecule has 0 saturated heterocycles. The number of anilines is 2. The Bertz CT molecular complexity index is 391. The zero-order valence-corrected chi connectivity index (χ0v) is 10.6. The molecular weight excluding hydrogens is 218 g/mol. The highest BCUT2D eigenvalue weighted by molar-refractivity contribution is 5.36. The van der Waals surface area contributed by atoms with Crippen molar-refractivity contribution in [2.24, 2.45) is 5.41 Å². The van der Waals surface area contributed by atoms with Crippen LogP contribution in [0, 0.1) is 5.41 Å². The molecule has 0 amide bonds. The number of rotatable bonds is 6. The van der Waals surface area contributed by atoms with Crippen LogP contribution >= 0.6 is 0 Å². The summed E-state index contributed by atoms with van der Waals surface area (Å²) in [5.74, 6) is 1.11. The second kappa shape index (κ2) is 4.73. The number of hydrogen-bond donors (Lipinski definition) is 2. The number of ether oxygens (including phenoxy) is 1. The Morgan fingerprint density at radius 3 is 2.35 bits per heavy atom.